The lowest BCUT2D eigenvalue weighted by atomic mass is 10.2. The number of hydrogen-bond acceptors (Lipinski definition) is 4. The number of aromatic nitrogens is 1. The van der Waals surface area contributed by atoms with Crippen LogP contribution in [0.1, 0.15) is 30.3 Å². The number of rotatable bonds is 6. The lowest BCUT2D eigenvalue weighted by Crippen LogP contribution is -2.15. The minimum absolute atomic E-state index is 0.0308. The van der Waals surface area contributed by atoms with E-state index in [2.05, 4.69) is 10.3 Å². The summed E-state index contributed by atoms with van der Waals surface area (Å²) in [6, 6.07) is 2.85. The van der Waals surface area contributed by atoms with Crippen LogP contribution < -0.4 is 5.32 Å². The van der Waals surface area contributed by atoms with Crippen LogP contribution in [0.2, 0.25) is 0 Å². The molecular weight excluding hydrogens is 236 g/mol. The van der Waals surface area contributed by atoms with E-state index in [1.807, 2.05) is 6.92 Å². The van der Waals surface area contributed by atoms with Crippen LogP contribution in [-0.2, 0) is 9.53 Å². The fourth-order valence-corrected chi connectivity index (χ4v) is 1.27. The predicted molar refractivity (Wildman–Crippen MR) is 65.5 cm³/mol. The molecule has 1 amide bonds. The van der Waals surface area contributed by atoms with Gasteiger partial charge in [0.2, 0.25) is 5.91 Å². The molecule has 6 nitrogen and oxygen atoms in total. The van der Waals surface area contributed by atoms with Crippen LogP contribution in [-0.4, -0.2) is 35.2 Å². The van der Waals surface area contributed by atoms with Crippen molar-refractivity contribution >= 4 is 17.6 Å². The Morgan fingerprint density at radius 3 is 2.72 bits per heavy atom. The zero-order valence-electron chi connectivity index (χ0n) is 10.3. The SMILES string of the molecule is COC(C)CCC(=O)Nc1ccc(C(=O)O)nc1. The van der Waals surface area contributed by atoms with Crippen molar-refractivity contribution < 1.29 is 19.4 Å². The first-order chi connectivity index (χ1) is 8.52. The monoisotopic (exact) mass is 252 g/mol. The van der Waals surface area contributed by atoms with Gasteiger partial charge in [0.15, 0.2) is 0 Å². The number of amides is 1. The van der Waals surface area contributed by atoms with E-state index in [9.17, 15) is 9.59 Å². The van der Waals surface area contributed by atoms with E-state index < -0.39 is 5.97 Å². The van der Waals surface area contributed by atoms with Gasteiger partial charge < -0.3 is 15.2 Å². The highest BCUT2D eigenvalue weighted by Crippen LogP contribution is 2.08. The number of carboxylic acids is 1. The van der Waals surface area contributed by atoms with Crippen molar-refractivity contribution in [3.05, 3.63) is 24.0 Å². The first kappa shape index (κ1) is 14.1. The highest BCUT2D eigenvalue weighted by Gasteiger charge is 2.08. The lowest BCUT2D eigenvalue weighted by molar-refractivity contribution is -0.116. The fourth-order valence-electron chi connectivity index (χ4n) is 1.27. The number of carbonyl (C=O) groups excluding carboxylic acids is 1. The second-order valence-electron chi connectivity index (χ2n) is 3.87. The molecule has 6 heteroatoms. The minimum Gasteiger partial charge on any atom is -0.477 e. The summed E-state index contributed by atoms with van der Waals surface area (Å²) in [5.41, 5.74) is 0.427. The fraction of sp³-hybridized carbons (Fsp3) is 0.417. The highest BCUT2D eigenvalue weighted by atomic mass is 16.5. The molecule has 0 fully saturated rings. The molecule has 1 atom stereocenters. The number of methoxy groups -OCH3 is 1. The second kappa shape index (κ2) is 6.70. The Labute approximate surface area is 105 Å². The van der Waals surface area contributed by atoms with Gasteiger partial charge in [-0.2, -0.15) is 0 Å². The largest absolute Gasteiger partial charge is 0.477 e. The van der Waals surface area contributed by atoms with Crippen LogP contribution in [0.25, 0.3) is 0 Å². The molecule has 1 aromatic heterocycles. The van der Waals surface area contributed by atoms with E-state index in [0.29, 0.717) is 18.5 Å². The molecule has 1 unspecified atom stereocenters. The average Bonchev–Trinajstić information content (AvgIpc) is 2.36. The van der Waals surface area contributed by atoms with Crippen LogP contribution in [0.15, 0.2) is 18.3 Å². The molecular formula is C12H16N2O4. The first-order valence-electron chi connectivity index (χ1n) is 5.55. The Balaban J connectivity index is 2.47. The number of aromatic carboxylic acids is 1. The zero-order valence-corrected chi connectivity index (χ0v) is 10.3. The van der Waals surface area contributed by atoms with Gasteiger partial charge >= 0.3 is 5.97 Å². The van der Waals surface area contributed by atoms with Gasteiger partial charge in [0.25, 0.3) is 0 Å². The zero-order chi connectivity index (χ0) is 13.5. The van der Waals surface area contributed by atoms with Crippen LogP contribution in [0.3, 0.4) is 0 Å². The maximum Gasteiger partial charge on any atom is 0.354 e. The Morgan fingerprint density at radius 2 is 2.22 bits per heavy atom. The van der Waals surface area contributed by atoms with Crippen molar-refractivity contribution in [2.75, 3.05) is 12.4 Å². The molecule has 0 saturated carbocycles. The van der Waals surface area contributed by atoms with Crippen molar-refractivity contribution in [3.8, 4) is 0 Å². The topological polar surface area (TPSA) is 88.5 Å². The number of anilines is 1. The lowest BCUT2D eigenvalue weighted by Gasteiger charge is -2.09. The van der Waals surface area contributed by atoms with E-state index >= 15 is 0 Å². The van der Waals surface area contributed by atoms with E-state index in [1.54, 1.807) is 7.11 Å². The van der Waals surface area contributed by atoms with Crippen LogP contribution in [0, 0.1) is 0 Å². The summed E-state index contributed by atoms with van der Waals surface area (Å²) in [6.45, 7) is 1.89. The third kappa shape index (κ3) is 4.50. The van der Waals surface area contributed by atoms with Gasteiger partial charge in [-0.15, -0.1) is 0 Å². The minimum atomic E-state index is -1.10. The second-order valence-corrected chi connectivity index (χ2v) is 3.87. The summed E-state index contributed by atoms with van der Waals surface area (Å²) in [5, 5.41) is 11.3. The number of pyridine rings is 1. The molecule has 98 valence electrons. The Hall–Kier alpha value is -1.95. The molecule has 0 aliphatic carbocycles. The predicted octanol–water partition coefficient (Wildman–Crippen LogP) is 1.53. The van der Waals surface area contributed by atoms with Gasteiger partial charge in [0.05, 0.1) is 18.0 Å². The molecule has 1 rings (SSSR count). The van der Waals surface area contributed by atoms with Gasteiger partial charge in [-0.3, -0.25) is 4.79 Å². The van der Waals surface area contributed by atoms with Crippen molar-refractivity contribution in [2.45, 2.75) is 25.9 Å². The Kier molecular flexibility index (Phi) is 5.26. The van der Waals surface area contributed by atoms with Gasteiger partial charge in [0, 0.05) is 13.5 Å². The number of hydrogen-bond donors (Lipinski definition) is 2. The van der Waals surface area contributed by atoms with Crippen molar-refractivity contribution in [1.29, 1.82) is 0 Å². The van der Waals surface area contributed by atoms with Crippen LogP contribution in [0.4, 0.5) is 5.69 Å². The summed E-state index contributed by atoms with van der Waals surface area (Å²) < 4.78 is 5.04. The van der Waals surface area contributed by atoms with E-state index in [-0.39, 0.29) is 17.7 Å². The number of nitrogens with zero attached hydrogens (tertiary/aromatic N) is 1. The molecule has 0 aliphatic heterocycles. The quantitative estimate of drug-likeness (QED) is 0.801. The smallest absolute Gasteiger partial charge is 0.354 e. The molecule has 2 N–H and O–H groups in total. The molecule has 0 radical (unpaired) electrons. The summed E-state index contributed by atoms with van der Waals surface area (Å²) in [5.74, 6) is -1.24. The molecule has 1 heterocycles. The average molecular weight is 252 g/mol. The third-order valence-corrected chi connectivity index (χ3v) is 2.45. The standard InChI is InChI=1S/C12H16N2O4/c1-8(18-2)3-6-11(15)14-9-4-5-10(12(16)17)13-7-9/h4-5,7-8H,3,6H2,1-2H3,(H,14,15)(H,16,17). The van der Waals surface area contributed by atoms with Gasteiger partial charge in [0.1, 0.15) is 5.69 Å². The van der Waals surface area contributed by atoms with Crippen molar-refractivity contribution in [1.82, 2.24) is 4.98 Å². The third-order valence-electron chi connectivity index (χ3n) is 2.45. The molecule has 0 aliphatic rings. The maximum absolute atomic E-state index is 11.5. The molecule has 18 heavy (non-hydrogen) atoms. The van der Waals surface area contributed by atoms with E-state index in [4.69, 9.17) is 9.84 Å². The van der Waals surface area contributed by atoms with Gasteiger partial charge in [-0.25, -0.2) is 9.78 Å². The Bertz CT molecular complexity index is 417. The highest BCUT2D eigenvalue weighted by molar-refractivity contribution is 5.91. The number of carbonyl (C=O) groups is 2. The number of carboxylic acid groups (broad SMARTS) is 1. The van der Waals surface area contributed by atoms with E-state index in [0.717, 1.165) is 0 Å². The summed E-state index contributed by atoms with van der Waals surface area (Å²) in [7, 11) is 1.59. The molecule has 0 bridgehead atoms. The summed E-state index contributed by atoms with van der Waals surface area (Å²) in [6.07, 6.45) is 2.32. The molecule has 0 saturated heterocycles. The van der Waals surface area contributed by atoms with Crippen LogP contribution >= 0.6 is 0 Å². The molecule has 1 aromatic rings. The normalized spacial score (nSPS) is 11.9. The molecule has 0 aromatic carbocycles. The number of ether oxygens (including phenoxy) is 1. The summed E-state index contributed by atoms with van der Waals surface area (Å²) in [4.78, 5) is 25.8. The van der Waals surface area contributed by atoms with Crippen LogP contribution in [0.5, 0.6) is 0 Å². The van der Waals surface area contributed by atoms with Gasteiger partial charge in [-0.05, 0) is 25.5 Å². The van der Waals surface area contributed by atoms with Crippen molar-refractivity contribution in [3.63, 3.8) is 0 Å². The van der Waals surface area contributed by atoms with Gasteiger partial charge in [-0.1, -0.05) is 0 Å². The summed E-state index contributed by atoms with van der Waals surface area (Å²) >= 11 is 0. The maximum atomic E-state index is 11.5. The Morgan fingerprint density at radius 1 is 1.50 bits per heavy atom. The van der Waals surface area contributed by atoms with Crippen molar-refractivity contribution in [2.24, 2.45) is 0 Å². The first-order valence-corrected chi connectivity index (χ1v) is 5.55. The van der Waals surface area contributed by atoms with E-state index in [1.165, 1.54) is 18.3 Å². The molecule has 0 spiro atoms. The number of nitrogens with one attached hydrogen (secondary N) is 1.